The first-order chi connectivity index (χ1) is 5.33. The summed E-state index contributed by atoms with van der Waals surface area (Å²) in [4.78, 5) is 12.3. The molecule has 0 bridgehead atoms. The zero-order valence-corrected chi connectivity index (χ0v) is 6.99. The summed E-state index contributed by atoms with van der Waals surface area (Å²) in [6, 6.07) is 0. The molecule has 0 unspecified atom stereocenters. The Morgan fingerprint density at radius 3 is 2.55 bits per heavy atom. The van der Waals surface area contributed by atoms with E-state index in [1.807, 2.05) is 6.08 Å². The van der Waals surface area contributed by atoms with Crippen molar-refractivity contribution in [1.82, 2.24) is 4.90 Å². The van der Waals surface area contributed by atoms with Crippen molar-refractivity contribution in [3.05, 3.63) is 12.2 Å². The van der Waals surface area contributed by atoms with Gasteiger partial charge in [0, 0.05) is 0 Å². The Morgan fingerprint density at radius 1 is 1.36 bits per heavy atom. The van der Waals surface area contributed by atoms with E-state index in [1.54, 1.807) is 6.08 Å². The number of nitrogens with zero attached hydrogens (tertiary/aromatic N) is 1. The monoisotopic (exact) mass is 153 g/mol. The molecule has 2 heteroatoms. The highest BCUT2D eigenvalue weighted by atomic mass is 16.1. The van der Waals surface area contributed by atoms with Gasteiger partial charge in [-0.25, -0.2) is 0 Å². The molecule has 62 valence electrons. The van der Waals surface area contributed by atoms with Crippen LogP contribution in [0.3, 0.4) is 0 Å². The second-order valence-electron chi connectivity index (χ2n) is 3.16. The van der Waals surface area contributed by atoms with Gasteiger partial charge in [-0.2, -0.15) is 0 Å². The highest BCUT2D eigenvalue weighted by molar-refractivity contribution is 5.64. The van der Waals surface area contributed by atoms with Gasteiger partial charge in [-0.15, -0.1) is 0 Å². The van der Waals surface area contributed by atoms with Crippen LogP contribution in [0.25, 0.3) is 0 Å². The Labute approximate surface area is 67.9 Å². The second kappa shape index (κ2) is 4.29. The molecule has 0 saturated carbocycles. The Balaban J connectivity index is 2.27. The van der Waals surface area contributed by atoms with Crippen LogP contribution in [-0.4, -0.2) is 31.3 Å². The maximum atomic E-state index is 10.0. The number of allylic oxidation sites excluding steroid dienone is 2. The van der Waals surface area contributed by atoms with E-state index in [1.165, 1.54) is 12.8 Å². The quantitative estimate of drug-likeness (QED) is 0.437. The van der Waals surface area contributed by atoms with Gasteiger partial charge in [0.15, 0.2) is 0 Å². The lowest BCUT2D eigenvalue weighted by Gasteiger charge is -2.26. The number of hydrogen-bond donors (Lipinski definition) is 0. The topological polar surface area (TPSA) is 20.3 Å². The van der Waals surface area contributed by atoms with Crippen molar-refractivity contribution in [2.45, 2.75) is 12.8 Å². The number of carbonyl (C=O) groups is 1. The van der Waals surface area contributed by atoms with Gasteiger partial charge >= 0.3 is 0 Å². The average Bonchev–Trinajstić information content (AvgIpc) is 2.04. The summed E-state index contributed by atoms with van der Waals surface area (Å²) in [6.07, 6.45) is 6.90. The van der Waals surface area contributed by atoms with Gasteiger partial charge in [0.2, 0.25) is 0 Å². The molecule has 0 aromatic rings. The summed E-state index contributed by atoms with van der Waals surface area (Å²) in [5, 5.41) is 0. The maximum absolute atomic E-state index is 10.0. The maximum Gasteiger partial charge on any atom is 0.142 e. The van der Waals surface area contributed by atoms with Crippen molar-refractivity contribution in [2.24, 2.45) is 5.92 Å². The summed E-state index contributed by atoms with van der Waals surface area (Å²) < 4.78 is 0. The zero-order chi connectivity index (χ0) is 8.10. The third kappa shape index (κ3) is 2.85. The number of piperidine rings is 1. The summed E-state index contributed by atoms with van der Waals surface area (Å²) >= 11 is 0. The molecule has 1 fully saturated rings. The molecule has 1 saturated heterocycles. The SMILES string of the molecule is CN1CCC(/C=C/C=O)CC1. The largest absolute Gasteiger partial charge is 0.306 e. The first-order valence-corrected chi connectivity index (χ1v) is 4.13. The molecule has 11 heavy (non-hydrogen) atoms. The lowest BCUT2D eigenvalue weighted by atomic mass is 9.97. The lowest BCUT2D eigenvalue weighted by molar-refractivity contribution is -0.104. The first kappa shape index (κ1) is 8.47. The van der Waals surface area contributed by atoms with Gasteiger partial charge in [0.1, 0.15) is 6.29 Å². The van der Waals surface area contributed by atoms with Crippen molar-refractivity contribution in [1.29, 1.82) is 0 Å². The molecule has 1 rings (SSSR count). The van der Waals surface area contributed by atoms with Gasteiger partial charge in [-0.3, -0.25) is 4.79 Å². The van der Waals surface area contributed by atoms with Gasteiger partial charge in [0.05, 0.1) is 0 Å². The predicted molar refractivity (Wildman–Crippen MR) is 45.4 cm³/mol. The zero-order valence-electron chi connectivity index (χ0n) is 6.99. The van der Waals surface area contributed by atoms with E-state index in [2.05, 4.69) is 11.9 Å². The minimum atomic E-state index is 0.636. The van der Waals surface area contributed by atoms with E-state index in [-0.39, 0.29) is 0 Å². The van der Waals surface area contributed by atoms with Gasteiger partial charge < -0.3 is 4.90 Å². The van der Waals surface area contributed by atoms with E-state index >= 15 is 0 Å². The number of likely N-dealkylation sites (tertiary alicyclic amines) is 1. The first-order valence-electron chi connectivity index (χ1n) is 4.13. The molecule has 2 nitrogen and oxygen atoms in total. The van der Waals surface area contributed by atoms with Gasteiger partial charge in [0.25, 0.3) is 0 Å². The minimum Gasteiger partial charge on any atom is -0.306 e. The summed E-state index contributed by atoms with van der Waals surface area (Å²) in [5.41, 5.74) is 0. The Bertz CT molecular complexity index is 146. The van der Waals surface area contributed by atoms with Gasteiger partial charge in [-0.1, -0.05) is 6.08 Å². The van der Waals surface area contributed by atoms with Crippen LogP contribution < -0.4 is 0 Å². The standard InChI is InChI=1S/C9H15NO/c1-10-6-4-9(5-7-10)3-2-8-11/h2-3,8-9H,4-7H2,1H3/b3-2+. The minimum absolute atomic E-state index is 0.636. The Hall–Kier alpha value is -0.630. The molecule has 1 heterocycles. The molecule has 0 atom stereocenters. The van der Waals surface area contributed by atoms with E-state index < -0.39 is 0 Å². The van der Waals surface area contributed by atoms with E-state index in [0.717, 1.165) is 19.4 Å². The van der Waals surface area contributed by atoms with Crippen LogP contribution in [0.2, 0.25) is 0 Å². The number of aldehydes is 1. The number of rotatable bonds is 2. The molecule has 0 amide bonds. The average molecular weight is 153 g/mol. The molecule has 0 N–H and O–H groups in total. The van der Waals surface area contributed by atoms with Crippen LogP contribution in [0.15, 0.2) is 12.2 Å². The van der Waals surface area contributed by atoms with Crippen molar-refractivity contribution in [2.75, 3.05) is 20.1 Å². The molecule has 1 aliphatic rings. The Kier molecular flexibility index (Phi) is 3.30. The Morgan fingerprint density at radius 2 is 2.00 bits per heavy atom. The number of carbonyl (C=O) groups excluding carboxylic acids is 1. The molecule has 0 aromatic carbocycles. The van der Waals surface area contributed by atoms with Crippen LogP contribution in [0.5, 0.6) is 0 Å². The predicted octanol–water partition coefficient (Wildman–Crippen LogP) is 1.08. The molecule has 0 aliphatic carbocycles. The van der Waals surface area contributed by atoms with Crippen LogP contribution in [-0.2, 0) is 4.79 Å². The fourth-order valence-electron chi connectivity index (χ4n) is 1.42. The molecular weight excluding hydrogens is 138 g/mol. The second-order valence-corrected chi connectivity index (χ2v) is 3.16. The fourth-order valence-corrected chi connectivity index (χ4v) is 1.42. The van der Waals surface area contributed by atoms with Gasteiger partial charge in [-0.05, 0) is 45.0 Å². The van der Waals surface area contributed by atoms with Crippen LogP contribution in [0, 0.1) is 5.92 Å². The third-order valence-corrected chi connectivity index (χ3v) is 2.23. The van der Waals surface area contributed by atoms with E-state index in [0.29, 0.717) is 5.92 Å². The summed E-state index contributed by atoms with van der Waals surface area (Å²) in [5.74, 6) is 0.636. The highest BCUT2D eigenvalue weighted by Gasteiger charge is 2.12. The molecule has 1 aliphatic heterocycles. The van der Waals surface area contributed by atoms with Crippen molar-refractivity contribution in [3.63, 3.8) is 0 Å². The van der Waals surface area contributed by atoms with Crippen molar-refractivity contribution >= 4 is 6.29 Å². The van der Waals surface area contributed by atoms with E-state index in [9.17, 15) is 4.79 Å². The van der Waals surface area contributed by atoms with Crippen LogP contribution >= 0.6 is 0 Å². The molecule has 0 radical (unpaired) electrons. The van der Waals surface area contributed by atoms with Crippen LogP contribution in [0.4, 0.5) is 0 Å². The van der Waals surface area contributed by atoms with Crippen molar-refractivity contribution in [3.8, 4) is 0 Å². The smallest absolute Gasteiger partial charge is 0.142 e. The molecule has 0 spiro atoms. The number of hydrogen-bond acceptors (Lipinski definition) is 2. The third-order valence-electron chi connectivity index (χ3n) is 2.23. The van der Waals surface area contributed by atoms with Crippen LogP contribution in [0.1, 0.15) is 12.8 Å². The lowest BCUT2D eigenvalue weighted by Crippen LogP contribution is -2.29. The van der Waals surface area contributed by atoms with Crippen molar-refractivity contribution < 1.29 is 4.79 Å². The normalized spacial score (nSPS) is 22.6. The molecular formula is C9H15NO. The fraction of sp³-hybridized carbons (Fsp3) is 0.667. The summed E-state index contributed by atoms with van der Waals surface area (Å²) in [7, 11) is 2.14. The summed E-state index contributed by atoms with van der Waals surface area (Å²) in [6.45, 7) is 2.32. The van der Waals surface area contributed by atoms with E-state index in [4.69, 9.17) is 0 Å². The molecule has 0 aromatic heterocycles. The highest BCUT2D eigenvalue weighted by Crippen LogP contribution is 2.16.